The van der Waals surface area contributed by atoms with E-state index >= 15 is 0 Å². The molecule has 1 aliphatic rings. The Balaban J connectivity index is 1.47. The van der Waals surface area contributed by atoms with Gasteiger partial charge in [-0.2, -0.15) is 0 Å². The number of urea groups is 1. The lowest BCUT2D eigenvalue weighted by atomic mass is 10.0. The minimum absolute atomic E-state index is 0.0444. The zero-order valence-electron chi connectivity index (χ0n) is 19.8. The van der Waals surface area contributed by atoms with Crippen molar-refractivity contribution >= 4 is 22.9 Å². The quantitative estimate of drug-likeness (QED) is 0.611. The van der Waals surface area contributed by atoms with Crippen LogP contribution in [0.25, 0.3) is 22.2 Å². The average Bonchev–Trinajstić information content (AvgIpc) is 2.82. The molecule has 0 aliphatic carbocycles. The topological polar surface area (TPSA) is 83.5 Å². The van der Waals surface area contributed by atoms with Gasteiger partial charge >= 0.3 is 6.03 Å². The number of likely N-dealkylation sites (tertiary alicyclic amines) is 1. The predicted molar refractivity (Wildman–Crippen MR) is 131 cm³/mol. The number of anilines is 1. The summed E-state index contributed by atoms with van der Waals surface area (Å²) in [6, 6.07) is 10.1. The van der Waals surface area contributed by atoms with Gasteiger partial charge in [-0.15, -0.1) is 0 Å². The number of nitrogens with zero attached hydrogens (tertiary/aromatic N) is 5. The molecule has 1 unspecified atom stereocenters. The number of aromatic nitrogens is 3. The van der Waals surface area contributed by atoms with E-state index in [9.17, 15) is 4.79 Å². The molecule has 2 amide bonds. The maximum Gasteiger partial charge on any atom is 0.323 e. The van der Waals surface area contributed by atoms with Gasteiger partial charge in [0, 0.05) is 37.0 Å². The fourth-order valence-corrected chi connectivity index (χ4v) is 3.96. The third-order valence-corrected chi connectivity index (χ3v) is 6.00. The van der Waals surface area contributed by atoms with Crippen molar-refractivity contribution < 1.29 is 9.53 Å². The molecule has 33 heavy (non-hydrogen) atoms. The molecule has 174 valence electrons. The van der Waals surface area contributed by atoms with Crippen LogP contribution in [0.1, 0.15) is 33.1 Å². The van der Waals surface area contributed by atoms with E-state index in [1.54, 1.807) is 13.2 Å². The molecular formula is C25H32N6O2. The van der Waals surface area contributed by atoms with E-state index in [0.717, 1.165) is 28.7 Å². The number of carbonyl (C=O) groups is 1. The largest absolute Gasteiger partial charge is 0.476 e. The molecule has 1 saturated heterocycles. The monoisotopic (exact) mass is 448 g/mol. The summed E-state index contributed by atoms with van der Waals surface area (Å²) in [5, 5.41) is 2.86. The lowest BCUT2D eigenvalue weighted by molar-refractivity contribution is 0.122. The van der Waals surface area contributed by atoms with Crippen LogP contribution < -0.4 is 15.0 Å². The number of piperidine rings is 1. The van der Waals surface area contributed by atoms with E-state index in [0.29, 0.717) is 24.3 Å². The highest BCUT2D eigenvalue weighted by molar-refractivity contribution is 5.91. The molecule has 0 saturated carbocycles. The van der Waals surface area contributed by atoms with Crippen LogP contribution in [-0.2, 0) is 0 Å². The van der Waals surface area contributed by atoms with E-state index in [-0.39, 0.29) is 12.1 Å². The van der Waals surface area contributed by atoms with Crippen LogP contribution in [-0.4, -0.2) is 65.2 Å². The fourth-order valence-electron chi connectivity index (χ4n) is 3.96. The number of rotatable bonds is 6. The first-order chi connectivity index (χ1) is 15.9. The van der Waals surface area contributed by atoms with Crippen molar-refractivity contribution in [2.45, 2.75) is 45.2 Å². The number of pyridine rings is 1. The van der Waals surface area contributed by atoms with Crippen molar-refractivity contribution in [1.29, 1.82) is 0 Å². The summed E-state index contributed by atoms with van der Waals surface area (Å²) in [7, 11) is 3.84. The number of hydrogen-bond acceptors (Lipinski definition) is 6. The summed E-state index contributed by atoms with van der Waals surface area (Å²) in [6.45, 7) is 5.63. The van der Waals surface area contributed by atoms with Crippen LogP contribution in [0.5, 0.6) is 5.88 Å². The maximum atomic E-state index is 12.3. The maximum absolute atomic E-state index is 12.3. The highest BCUT2D eigenvalue weighted by Gasteiger charge is 2.19. The summed E-state index contributed by atoms with van der Waals surface area (Å²) in [4.78, 5) is 29.8. The van der Waals surface area contributed by atoms with Gasteiger partial charge < -0.3 is 15.0 Å². The highest BCUT2D eigenvalue weighted by atomic mass is 16.5. The van der Waals surface area contributed by atoms with Gasteiger partial charge in [0.05, 0.1) is 17.2 Å². The number of amides is 2. The van der Waals surface area contributed by atoms with Crippen molar-refractivity contribution in [3.05, 3.63) is 42.7 Å². The van der Waals surface area contributed by atoms with Gasteiger partial charge in [-0.05, 0) is 64.0 Å². The van der Waals surface area contributed by atoms with Crippen molar-refractivity contribution in [2.24, 2.45) is 0 Å². The molecule has 1 aromatic carbocycles. The summed E-state index contributed by atoms with van der Waals surface area (Å²) < 4.78 is 5.95. The summed E-state index contributed by atoms with van der Waals surface area (Å²) in [6.07, 6.45) is 7.12. The smallest absolute Gasteiger partial charge is 0.323 e. The highest BCUT2D eigenvalue weighted by Crippen LogP contribution is 2.25. The number of fused-ring (bicyclic) bond motifs is 1. The van der Waals surface area contributed by atoms with Crippen LogP contribution >= 0.6 is 0 Å². The van der Waals surface area contributed by atoms with Crippen LogP contribution in [0.3, 0.4) is 0 Å². The first kappa shape index (κ1) is 22.9. The minimum Gasteiger partial charge on any atom is -0.476 e. The van der Waals surface area contributed by atoms with Gasteiger partial charge in [0.1, 0.15) is 6.61 Å². The molecule has 1 fully saturated rings. The molecule has 0 spiro atoms. The molecule has 0 radical (unpaired) electrons. The molecule has 0 bridgehead atoms. The molecule has 4 rings (SSSR count). The first-order valence-corrected chi connectivity index (χ1v) is 11.5. The number of carbonyl (C=O) groups excluding carboxylic acids is 1. The number of nitrogens with one attached hydrogen (secondary N) is 1. The third-order valence-electron chi connectivity index (χ3n) is 6.00. The van der Waals surface area contributed by atoms with Crippen molar-refractivity contribution in [3.8, 4) is 17.0 Å². The zero-order valence-corrected chi connectivity index (χ0v) is 19.8. The third kappa shape index (κ3) is 5.57. The Bertz CT molecular complexity index is 1100. The molecule has 8 nitrogen and oxygen atoms in total. The van der Waals surface area contributed by atoms with Crippen LogP contribution in [0.4, 0.5) is 10.6 Å². The summed E-state index contributed by atoms with van der Waals surface area (Å²) >= 11 is 0. The molecule has 1 aliphatic heterocycles. The molecule has 1 N–H and O–H groups in total. The molecular weight excluding hydrogens is 416 g/mol. The van der Waals surface area contributed by atoms with E-state index in [2.05, 4.69) is 32.2 Å². The Morgan fingerprint density at radius 3 is 2.70 bits per heavy atom. The van der Waals surface area contributed by atoms with Gasteiger partial charge in [0.15, 0.2) is 5.82 Å². The number of ether oxygens (including phenoxy) is 1. The van der Waals surface area contributed by atoms with Gasteiger partial charge in [-0.25, -0.2) is 14.8 Å². The van der Waals surface area contributed by atoms with E-state index in [4.69, 9.17) is 4.74 Å². The van der Waals surface area contributed by atoms with Crippen LogP contribution in [0.15, 0.2) is 42.7 Å². The minimum atomic E-state index is -0.214. The number of hydrogen-bond donors (Lipinski definition) is 1. The summed E-state index contributed by atoms with van der Waals surface area (Å²) in [5.74, 6) is 1.13. The molecule has 2 aromatic heterocycles. The van der Waals surface area contributed by atoms with E-state index in [1.165, 1.54) is 24.2 Å². The number of benzene rings is 1. The molecule has 3 heterocycles. The predicted octanol–water partition coefficient (Wildman–Crippen LogP) is 4.11. The molecule has 8 heteroatoms. The standard InChI is InChI=1S/C25H32N6O2/c1-17(2)28-25(32)31(4)23-15-26-21-10-8-18(13-22(21)29-23)19-9-11-24(27-14-19)33-16-20-7-5-6-12-30(20)3/h8-11,13-15,17,20H,5-7,12,16H2,1-4H3,(H,28,32). The normalized spacial score (nSPS) is 16.7. The Kier molecular flexibility index (Phi) is 7.03. The van der Waals surface area contributed by atoms with Crippen molar-refractivity contribution in [1.82, 2.24) is 25.2 Å². The van der Waals surface area contributed by atoms with E-state index < -0.39 is 0 Å². The lowest BCUT2D eigenvalue weighted by Gasteiger charge is -2.31. The second-order valence-corrected chi connectivity index (χ2v) is 8.92. The van der Waals surface area contributed by atoms with Crippen LogP contribution in [0, 0.1) is 0 Å². The van der Waals surface area contributed by atoms with Crippen LogP contribution in [0.2, 0.25) is 0 Å². The van der Waals surface area contributed by atoms with Gasteiger partial charge in [0.2, 0.25) is 5.88 Å². The second kappa shape index (κ2) is 10.1. The fraction of sp³-hybridized carbons (Fsp3) is 0.440. The first-order valence-electron chi connectivity index (χ1n) is 11.5. The zero-order chi connectivity index (χ0) is 23.4. The lowest BCUT2D eigenvalue weighted by Crippen LogP contribution is -2.41. The van der Waals surface area contributed by atoms with E-state index in [1.807, 2.05) is 50.4 Å². The second-order valence-electron chi connectivity index (χ2n) is 8.92. The average molecular weight is 449 g/mol. The molecule has 3 aromatic rings. The SMILES string of the molecule is CC(C)NC(=O)N(C)c1cnc2ccc(-c3ccc(OCC4CCCCN4C)nc3)cc2n1. The Morgan fingerprint density at radius 1 is 1.15 bits per heavy atom. The summed E-state index contributed by atoms with van der Waals surface area (Å²) in [5.41, 5.74) is 3.44. The van der Waals surface area contributed by atoms with Crippen molar-refractivity contribution in [3.63, 3.8) is 0 Å². The molecule has 1 atom stereocenters. The Hall–Kier alpha value is -3.26. The van der Waals surface area contributed by atoms with Crippen molar-refractivity contribution in [2.75, 3.05) is 32.1 Å². The number of likely N-dealkylation sites (N-methyl/N-ethyl adjacent to an activating group) is 1. The Morgan fingerprint density at radius 2 is 1.97 bits per heavy atom. The Labute approximate surface area is 195 Å². The van der Waals surface area contributed by atoms with Gasteiger partial charge in [-0.1, -0.05) is 12.5 Å². The van der Waals surface area contributed by atoms with Gasteiger partial charge in [-0.3, -0.25) is 9.88 Å². The van der Waals surface area contributed by atoms with Gasteiger partial charge in [0.25, 0.3) is 0 Å².